The molecule has 0 bridgehead atoms. The van der Waals surface area contributed by atoms with E-state index in [0.717, 1.165) is 37.1 Å². The summed E-state index contributed by atoms with van der Waals surface area (Å²) in [6.45, 7) is 7.02. The van der Waals surface area contributed by atoms with E-state index in [0.29, 0.717) is 0 Å². The highest BCUT2D eigenvalue weighted by atomic mass is 32.1. The molecule has 5 heteroatoms. The molecule has 1 N–H and O–H groups in total. The van der Waals surface area contributed by atoms with Crippen LogP contribution < -0.4 is 5.32 Å². The molecular formula is C16H20N4S. The Labute approximate surface area is 128 Å². The SMILES string of the molecule is CCCNCc1cnc2c(cnn2Cc2sccc2C)c1. The Morgan fingerprint density at radius 1 is 1.33 bits per heavy atom. The van der Waals surface area contributed by atoms with Crippen LogP contribution in [-0.4, -0.2) is 21.3 Å². The molecule has 0 aliphatic rings. The van der Waals surface area contributed by atoms with Crippen LogP contribution in [0.4, 0.5) is 0 Å². The van der Waals surface area contributed by atoms with Gasteiger partial charge in [0.25, 0.3) is 0 Å². The van der Waals surface area contributed by atoms with Gasteiger partial charge in [-0.05, 0) is 48.5 Å². The molecule has 3 heterocycles. The molecular weight excluding hydrogens is 280 g/mol. The molecule has 3 aromatic rings. The Morgan fingerprint density at radius 2 is 2.24 bits per heavy atom. The second kappa shape index (κ2) is 6.37. The van der Waals surface area contributed by atoms with Gasteiger partial charge in [0.2, 0.25) is 0 Å². The van der Waals surface area contributed by atoms with Crippen molar-refractivity contribution >= 4 is 22.4 Å². The van der Waals surface area contributed by atoms with Crippen LogP contribution in [0.3, 0.4) is 0 Å². The molecule has 0 radical (unpaired) electrons. The van der Waals surface area contributed by atoms with Crippen molar-refractivity contribution in [1.29, 1.82) is 0 Å². The third kappa shape index (κ3) is 3.14. The first kappa shape index (κ1) is 14.2. The van der Waals surface area contributed by atoms with E-state index < -0.39 is 0 Å². The summed E-state index contributed by atoms with van der Waals surface area (Å²) in [4.78, 5) is 5.94. The number of pyridine rings is 1. The maximum Gasteiger partial charge on any atom is 0.158 e. The lowest BCUT2D eigenvalue weighted by Crippen LogP contribution is -2.13. The highest BCUT2D eigenvalue weighted by Gasteiger charge is 2.08. The van der Waals surface area contributed by atoms with Gasteiger partial charge in [0, 0.05) is 23.0 Å². The van der Waals surface area contributed by atoms with Gasteiger partial charge in [-0.1, -0.05) is 6.92 Å². The highest BCUT2D eigenvalue weighted by Crippen LogP contribution is 2.19. The zero-order valence-electron chi connectivity index (χ0n) is 12.5. The summed E-state index contributed by atoms with van der Waals surface area (Å²) < 4.78 is 1.98. The van der Waals surface area contributed by atoms with E-state index in [4.69, 9.17) is 0 Å². The van der Waals surface area contributed by atoms with Crippen molar-refractivity contribution in [1.82, 2.24) is 20.1 Å². The molecule has 0 saturated carbocycles. The van der Waals surface area contributed by atoms with Crippen molar-refractivity contribution in [2.45, 2.75) is 33.4 Å². The number of aromatic nitrogens is 3. The van der Waals surface area contributed by atoms with Crippen LogP contribution in [0.15, 0.2) is 29.9 Å². The summed E-state index contributed by atoms with van der Waals surface area (Å²) in [5.74, 6) is 0. The zero-order chi connectivity index (χ0) is 14.7. The molecule has 0 unspecified atom stereocenters. The number of hydrogen-bond acceptors (Lipinski definition) is 4. The zero-order valence-corrected chi connectivity index (χ0v) is 13.3. The van der Waals surface area contributed by atoms with Crippen LogP contribution in [0.1, 0.15) is 29.3 Å². The van der Waals surface area contributed by atoms with Crippen molar-refractivity contribution < 1.29 is 0 Å². The highest BCUT2D eigenvalue weighted by molar-refractivity contribution is 7.10. The quantitative estimate of drug-likeness (QED) is 0.710. The Hall–Kier alpha value is -1.72. The topological polar surface area (TPSA) is 42.7 Å². The normalized spacial score (nSPS) is 11.3. The summed E-state index contributed by atoms with van der Waals surface area (Å²) in [5, 5.41) is 11.1. The average molecular weight is 300 g/mol. The van der Waals surface area contributed by atoms with E-state index in [1.807, 2.05) is 17.1 Å². The van der Waals surface area contributed by atoms with Gasteiger partial charge in [0.15, 0.2) is 5.65 Å². The number of nitrogens with zero attached hydrogens (tertiary/aromatic N) is 3. The van der Waals surface area contributed by atoms with Crippen LogP contribution in [0.5, 0.6) is 0 Å². The van der Waals surface area contributed by atoms with Crippen molar-refractivity contribution in [2.24, 2.45) is 0 Å². The minimum Gasteiger partial charge on any atom is -0.313 e. The smallest absolute Gasteiger partial charge is 0.158 e. The molecule has 0 atom stereocenters. The van der Waals surface area contributed by atoms with E-state index in [2.05, 4.69) is 46.8 Å². The number of fused-ring (bicyclic) bond motifs is 1. The molecule has 3 aromatic heterocycles. The minimum atomic E-state index is 0.799. The largest absolute Gasteiger partial charge is 0.313 e. The second-order valence-corrected chi connectivity index (χ2v) is 6.26. The third-order valence-electron chi connectivity index (χ3n) is 3.55. The third-order valence-corrected chi connectivity index (χ3v) is 4.56. The Bertz CT molecular complexity index is 729. The van der Waals surface area contributed by atoms with E-state index in [-0.39, 0.29) is 0 Å². The average Bonchev–Trinajstić information content (AvgIpc) is 3.07. The first-order chi connectivity index (χ1) is 10.3. The first-order valence-electron chi connectivity index (χ1n) is 7.32. The van der Waals surface area contributed by atoms with E-state index in [1.54, 1.807) is 11.3 Å². The molecule has 3 rings (SSSR count). The van der Waals surface area contributed by atoms with Crippen LogP contribution in [0.2, 0.25) is 0 Å². The van der Waals surface area contributed by atoms with E-state index in [1.165, 1.54) is 16.0 Å². The van der Waals surface area contributed by atoms with Gasteiger partial charge in [0.05, 0.1) is 12.7 Å². The molecule has 21 heavy (non-hydrogen) atoms. The summed E-state index contributed by atoms with van der Waals surface area (Å²) >= 11 is 1.77. The standard InChI is InChI=1S/C16H20N4S/c1-3-5-17-8-13-7-14-10-19-20(16(14)18-9-13)11-15-12(2)4-6-21-15/h4,6-7,9-10,17H,3,5,8,11H2,1-2H3. The summed E-state index contributed by atoms with van der Waals surface area (Å²) in [7, 11) is 0. The predicted molar refractivity (Wildman–Crippen MR) is 87.7 cm³/mol. The lowest BCUT2D eigenvalue weighted by atomic mass is 10.2. The molecule has 110 valence electrons. The maximum atomic E-state index is 4.60. The van der Waals surface area contributed by atoms with Gasteiger partial charge in [-0.15, -0.1) is 11.3 Å². The summed E-state index contributed by atoms with van der Waals surface area (Å²) in [5.41, 5.74) is 3.49. The fourth-order valence-electron chi connectivity index (χ4n) is 2.34. The molecule has 0 fully saturated rings. The van der Waals surface area contributed by atoms with Gasteiger partial charge in [-0.3, -0.25) is 0 Å². The van der Waals surface area contributed by atoms with Gasteiger partial charge in [0.1, 0.15) is 0 Å². The fraction of sp³-hybridized carbons (Fsp3) is 0.375. The van der Waals surface area contributed by atoms with Crippen LogP contribution >= 0.6 is 11.3 Å². The number of rotatable bonds is 6. The van der Waals surface area contributed by atoms with Gasteiger partial charge in [-0.25, -0.2) is 9.67 Å². The summed E-state index contributed by atoms with van der Waals surface area (Å²) in [6, 6.07) is 4.33. The van der Waals surface area contributed by atoms with Crippen LogP contribution in [0, 0.1) is 6.92 Å². The monoisotopic (exact) mass is 300 g/mol. The van der Waals surface area contributed by atoms with Crippen molar-refractivity contribution in [3.05, 3.63) is 45.9 Å². The van der Waals surface area contributed by atoms with Crippen LogP contribution in [-0.2, 0) is 13.1 Å². The number of thiophene rings is 1. The first-order valence-corrected chi connectivity index (χ1v) is 8.20. The molecule has 0 amide bonds. The molecule has 0 aromatic carbocycles. The van der Waals surface area contributed by atoms with E-state index >= 15 is 0 Å². The minimum absolute atomic E-state index is 0.799. The lowest BCUT2D eigenvalue weighted by molar-refractivity contribution is 0.674. The molecule has 4 nitrogen and oxygen atoms in total. The molecule has 0 aliphatic heterocycles. The number of aryl methyl sites for hydroxylation is 1. The Morgan fingerprint density at radius 3 is 3.00 bits per heavy atom. The predicted octanol–water partition coefficient (Wildman–Crippen LogP) is 3.35. The number of nitrogens with one attached hydrogen (secondary N) is 1. The summed E-state index contributed by atoms with van der Waals surface area (Å²) in [6.07, 6.45) is 5.01. The van der Waals surface area contributed by atoms with Gasteiger partial charge < -0.3 is 5.32 Å². The second-order valence-electron chi connectivity index (χ2n) is 5.26. The van der Waals surface area contributed by atoms with Crippen molar-refractivity contribution in [3.63, 3.8) is 0 Å². The van der Waals surface area contributed by atoms with Crippen molar-refractivity contribution in [3.8, 4) is 0 Å². The van der Waals surface area contributed by atoms with E-state index in [9.17, 15) is 0 Å². The van der Waals surface area contributed by atoms with Crippen LogP contribution in [0.25, 0.3) is 11.0 Å². The molecule has 0 saturated heterocycles. The Balaban J connectivity index is 1.81. The maximum absolute atomic E-state index is 4.60. The van der Waals surface area contributed by atoms with Crippen molar-refractivity contribution in [2.75, 3.05) is 6.54 Å². The molecule has 0 aliphatic carbocycles. The van der Waals surface area contributed by atoms with Gasteiger partial charge >= 0.3 is 0 Å². The lowest BCUT2D eigenvalue weighted by Gasteiger charge is -2.05. The van der Waals surface area contributed by atoms with Gasteiger partial charge in [-0.2, -0.15) is 5.10 Å². The number of hydrogen-bond donors (Lipinski definition) is 1. The fourth-order valence-corrected chi connectivity index (χ4v) is 3.23. The molecule has 0 spiro atoms. The Kier molecular flexibility index (Phi) is 4.31.